The quantitative estimate of drug-likeness (QED) is 0.468. The van der Waals surface area contributed by atoms with E-state index >= 15 is 0 Å². The van der Waals surface area contributed by atoms with E-state index in [0.29, 0.717) is 17.8 Å². The summed E-state index contributed by atoms with van der Waals surface area (Å²) in [6, 6.07) is 1.99. The van der Waals surface area contributed by atoms with Gasteiger partial charge in [-0.15, -0.1) is 0 Å². The van der Waals surface area contributed by atoms with E-state index in [1.54, 1.807) is 13.0 Å². The number of halogens is 1. The second-order valence-corrected chi connectivity index (χ2v) is 5.59. The average molecular weight is 370 g/mol. The van der Waals surface area contributed by atoms with Crippen LogP contribution in [0.1, 0.15) is 16.7 Å². The van der Waals surface area contributed by atoms with Crippen molar-refractivity contribution in [1.29, 1.82) is 0 Å². The van der Waals surface area contributed by atoms with Gasteiger partial charge in [0.2, 0.25) is 0 Å². The smallest absolute Gasteiger partial charge is 0.339 e. The molecule has 1 aromatic carbocycles. The Morgan fingerprint density at radius 2 is 2.00 bits per heavy atom. The molecule has 0 aliphatic heterocycles. The number of hydrogen-bond donors (Lipinski definition) is 0. The first kappa shape index (κ1) is 14.1. The van der Waals surface area contributed by atoms with Gasteiger partial charge in [-0.2, -0.15) is 0 Å². The Hall–Kier alpha value is -1.30. The fourth-order valence-electron chi connectivity index (χ4n) is 2.00. The molecule has 2 rings (SSSR count). The monoisotopic (exact) mass is 370 g/mol. The van der Waals surface area contributed by atoms with Crippen molar-refractivity contribution in [2.75, 3.05) is 6.61 Å². The van der Waals surface area contributed by atoms with E-state index in [4.69, 9.17) is 9.15 Å². The van der Waals surface area contributed by atoms with Gasteiger partial charge in [0.15, 0.2) is 0 Å². The van der Waals surface area contributed by atoms with Crippen molar-refractivity contribution in [2.24, 2.45) is 0 Å². The molecule has 1 heterocycles. The number of aryl methyl sites for hydroxylation is 2. The molecule has 0 radical (unpaired) electrons. The molecule has 0 saturated heterocycles. The molecule has 2 aromatic rings. The van der Waals surface area contributed by atoms with Crippen LogP contribution < -0.4 is 10.4 Å². The fraction of sp³-hybridized carbons (Fsp3) is 0.267. The molecule has 0 aliphatic rings. The van der Waals surface area contributed by atoms with Gasteiger partial charge in [0.05, 0.1) is 3.57 Å². The lowest BCUT2D eigenvalue weighted by atomic mass is 10.0. The molecule has 3 nitrogen and oxygen atoms in total. The van der Waals surface area contributed by atoms with Crippen molar-refractivity contribution in [3.8, 4) is 5.75 Å². The van der Waals surface area contributed by atoms with Gasteiger partial charge < -0.3 is 9.15 Å². The highest BCUT2D eigenvalue weighted by molar-refractivity contribution is 14.1. The maximum atomic E-state index is 11.8. The average Bonchev–Trinajstić information content (AvgIpc) is 2.38. The first-order chi connectivity index (χ1) is 8.97. The van der Waals surface area contributed by atoms with Crippen LogP contribution in [0.2, 0.25) is 0 Å². The molecule has 0 atom stereocenters. The number of hydrogen-bond acceptors (Lipinski definition) is 3. The second-order valence-electron chi connectivity index (χ2n) is 4.43. The van der Waals surface area contributed by atoms with E-state index in [1.165, 1.54) is 0 Å². The van der Waals surface area contributed by atoms with E-state index in [9.17, 15) is 4.79 Å². The summed E-state index contributed by atoms with van der Waals surface area (Å²) in [6.07, 6.45) is 1.69. The lowest BCUT2D eigenvalue weighted by molar-refractivity contribution is 0.357. The van der Waals surface area contributed by atoms with Crippen LogP contribution in [0.4, 0.5) is 0 Å². The van der Waals surface area contributed by atoms with Crippen LogP contribution in [-0.2, 0) is 0 Å². The first-order valence-electron chi connectivity index (χ1n) is 5.94. The minimum atomic E-state index is -0.288. The first-order valence-corrected chi connectivity index (χ1v) is 7.02. The van der Waals surface area contributed by atoms with Gasteiger partial charge in [-0.05, 0) is 55.0 Å². The third kappa shape index (κ3) is 2.41. The topological polar surface area (TPSA) is 39.4 Å². The normalized spacial score (nSPS) is 10.7. The van der Waals surface area contributed by atoms with Crippen LogP contribution in [0.15, 0.2) is 27.9 Å². The van der Waals surface area contributed by atoms with Gasteiger partial charge in [0.1, 0.15) is 17.9 Å². The van der Waals surface area contributed by atoms with Gasteiger partial charge in [0.25, 0.3) is 0 Å². The summed E-state index contributed by atoms with van der Waals surface area (Å²) >= 11 is 2.23. The predicted molar refractivity (Wildman–Crippen MR) is 85.1 cm³/mol. The van der Waals surface area contributed by atoms with Crippen molar-refractivity contribution >= 4 is 33.6 Å². The zero-order valence-electron chi connectivity index (χ0n) is 11.2. The van der Waals surface area contributed by atoms with Crippen LogP contribution in [0.5, 0.6) is 5.75 Å². The standard InChI is InChI=1S/C15H15IO3/c1-5-6-18-14-10(4)13-11(7-12(14)16)8(2)9(3)15(17)19-13/h5,7H,1,6H2,2-4H3. The van der Waals surface area contributed by atoms with Crippen molar-refractivity contribution in [1.82, 2.24) is 0 Å². The Morgan fingerprint density at radius 3 is 2.63 bits per heavy atom. The molecule has 0 N–H and O–H groups in total. The van der Waals surface area contributed by atoms with E-state index < -0.39 is 0 Å². The van der Waals surface area contributed by atoms with Crippen molar-refractivity contribution in [3.63, 3.8) is 0 Å². The highest BCUT2D eigenvalue weighted by Gasteiger charge is 2.15. The lowest BCUT2D eigenvalue weighted by Crippen LogP contribution is -2.07. The largest absolute Gasteiger partial charge is 0.488 e. The van der Waals surface area contributed by atoms with Crippen molar-refractivity contribution in [3.05, 3.63) is 49.4 Å². The van der Waals surface area contributed by atoms with E-state index in [1.807, 2.05) is 19.9 Å². The highest BCUT2D eigenvalue weighted by Crippen LogP contribution is 2.34. The summed E-state index contributed by atoms with van der Waals surface area (Å²) in [7, 11) is 0. The molecule has 0 bridgehead atoms. The van der Waals surface area contributed by atoms with Crippen LogP contribution in [-0.4, -0.2) is 6.61 Å². The second kappa shape index (κ2) is 5.36. The molecular formula is C15H15IO3. The zero-order valence-corrected chi connectivity index (χ0v) is 13.3. The summed E-state index contributed by atoms with van der Waals surface area (Å²) in [5.41, 5.74) is 2.78. The Kier molecular flexibility index (Phi) is 3.99. The highest BCUT2D eigenvalue weighted by atomic mass is 127. The van der Waals surface area contributed by atoms with Gasteiger partial charge in [-0.25, -0.2) is 4.79 Å². The van der Waals surface area contributed by atoms with Gasteiger partial charge >= 0.3 is 5.63 Å². The molecule has 4 heteroatoms. The maximum absolute atomic E-state index is 11.8. The van der Waals surface area contributed by atoms with Gasteiger partial charge in [-0.3, -0.25) is 0 Å². The molecule has 0 fully saturated rings. The lowest BCUT2D eigenvalue weighted by Gasteiger charge is -2.13. The third-order valence-electron chi connectivity index (χ3n) is 3.23. The Morgan fingerprint density at radius 1 is 1.32 bits per heavy atom. The SMILES string of the molecule is C=CCOc1c(I)cc2c(C)c(C)c(=O)oc2c1C. The number of ether oxygens (including phenoxy) is 1. The number of rotatable bonds is 3. The predicted octanol–water partition coefficient (Wildman–Crippen LogP) is 3.89. The van der Waals surface area contributed by atoms with Crippen LogP contribution >= 0.6 is 22.6 Å². The van der Waals surface area contributed by atoms with Gasteiger partial charge in [0, 0.05) is 16.5 Å². The van der Waals surface area contributed by atoms with E-state index in [-0.39, 0.29) is 5.63 Å². The number of fused-ring (bicyclic) bond motifs is 1. The summed E-state index contributed by atoms with van der Waals surface area (Å²) in [6.45, 7) is 9.69. The molecule has 0 saturated carbocycles. The van der Waals surface area contributed by atoms with Crippen LogP contribution in [0, 0.1) is 24.3 Å². The molecule has 0 unspecified atom stereocenters. The third-order valence-corrected chi connectivity index (χ3v) is 4.03. The molecule has 100 valence electrons. The van der Waals surface area contributed by atoms with Crippen LogP contribution in [0.25, 0.3) is 11.0 Å². The molecule has 1 aromatic heterocycles. The maximum Gasteiger partial charge on any atom is 0.339 e. The molecule has 0 amide bonds. The Bertz CT molecular complexity index is 714. The molecule has 0 aliphatic carbocycles. The van der Waals surface area contributed by atoms with Crippen LogP contribution in [0.3, 0.4) is 0 Å². The summed E-state index contributed by atoms with van der Waals surface area (Å²) in [5, 5.41) is 0.963. The Balaban J connectivity index is 2.81. The van der Waals surface area contributed by atoms with E-state index in [0.717, 1.165) is 25.8 Å². The summed E-state index contributed by atoms with van der Waals surface area (Å²) < 4.78 is 12.1. The number of benzene rings is 1. The van der Waals surface area contributed by atoms with E-state index in [2.05, 4.69) is 29.2 Å². The zero-order chi connectivity index (χ0) is 14.2. The molecular weight excluding hydrogens is 355 g/mol. The van der Waals surface area contributed by atoms with Crippen molar-refractivity contribution < 1.29 is 9.15 Å². The van der Waals surface area contributed by atoms with Crippen molar-refractivity contribution in [2.45, 2.75) is 20.8 Å². The molecule has 0 spiro atoms. The fourth-order valence-corrected chi connectivity index (χ4v) is 2.87. The Labute approximate surface area is 125 Å². The summed E-state index contributed by atoms with van der Waals surface area (Å²) in [5.74, 6) is 0.749. The minimum absolute atomic E-state index is 0.288. The van der Waals surface area contributed by atoms with Gasteiger partial charge in [-0.1, -0.05) is 12.7 Å². The minimum Gasteiger partial charge on any atom is -0.488 e. The summed E-state index contributed by atoms with van der Waals surface area (Å²) in [4.78, 5) is 11.8. The molecule has 19 heavy (non-hydrogen) atoms.